The molecule has 2 aromatic rings. The van der Waals surface area contributed by atoms with E-state index in [9.17, 15) is 9.59 Å². The highest BCUT2D eigenvalue weighted by atomic mass is 16.2. The Bertz CT molecular complexity index is 611. The van der Waals surface area contributed by atoms with Gasteiger partial charge in [-0.25, -0.2) is 0 Å². The number of hydrogen-bond donors (Lipinski definition) is 2. The Morgan fingerprint density at radius 3 is 2.18 bits per heavy atom. The van der Waals surface area contributed by atoms with Crippen molar-refractivity contribution in [1.29, 1.82) is 0 Å². The fourth-order valence-corrected chi connectivity index (χ4v) is 2.06. The molecule has 0 aliphatic rings. The van der Waals surface area contributed by atoms with Gasteiger partial charge in [0.15, 0.2) is 0 Å². The molecule has 0 aromatic heterocycles. The number of hydrogen-bond acceptors (Lipinski definition) is 2. The summed E-state index contributed by atoms with van der Waals surface area (Å²) < 4.78 is 0. The van der Waals surface area contributed by atoms with E-state index in [4.69, 9.17) is 0 Å². The first-order valence-electron chi connectivity index (χ1n) is 7.34. The van der Waals surface area contributed by atoms with Gasteiger partial charge < -0.3 is 10.6 Å². The van der Waals surface area contributed by atoms with Crippen LogP contribution in [0.2, 0.25) is 0 Å². The van der Waals surface area contributed by atoms with Crippen LogP contribution in [0.5, 0.6) is 0 Å². The van der Waals surface area contributed by atoms with Crippen LogP contribution in [0.1, 0.15) is 22.8 Å². The van der Waals surface area contributed by atoms with Gasteiger partial charge in [-0.2, -0.15) is 0 Å². The molecule has 1 unspecified atom stereocenters. The zero-order valence-electron chi connectivity index (χ0n) is 12.6. The molecular weight excluding hydrogens is 276 g/mol. The molecule has 0 saturated heterocycles. The van der Waals surface area contributed by atoms with Gasteiger partial charge in [0.25, 0.3) is 5.91 Å². The van der Waals surface area contributed by atoms with Gasteiger partial charge in [-0.15, -0.1) is 0 Å². The summed E-state index contributed by atoms with van der Waals surface area (Å²) in [4.78, 5) is 23.9. The van der Waals surface area contributed by atoms with Gasteiger partial charge in [0.1, 0.15) is 6.04 Å². The van der Waals surface area contributed by atoms with Crippen LogP contribution < -0.4 is 10.6 Å². The average molecular weight is 296 g/mol. The molecule has 4 heteroatoms. The van der Waals surface area contributed by atoms with Crippen molar-refractivity contribution in [2.24, 2.45) is 0 Å². The van der Waals surface area contributed by atoms with Crippen molar-refractivity contribution in [3.63, 3.8) is 0 Å². The summed E-state index contributed by atoms with van der Waals surface area (Å²) in [6, 6.07) is 18.2. The van der Waals surface area contributed by atoms with E-state index in [1.54, 1.807) is 31.2 Å². The standard InChI is InChI=1S/C18H20N2O2/c1-14(20-18(22)16-10-6-3-7-11-16)17(21)19-13-12-15-8-4-2-5-9-15/h2-11,14H,12-13H2,1H3,(H,19,21)(H,20,22). The number of carbonyl (C=O) groups excluding carboxylic acids is 2. The van der Waals surface area contributed by atoms with Crippen molar-refractivity contribution in [2.75, 3.05) is 6.54 Å². The molecule has 0 radical (unpaired) electrons. The first-order chi connectivity index (χ1) is 10.7. The van der Waals surface area contributed by atoms with Crippen molar-refractivity contribution in [2.45, 2.75) is 19.4 Å². The molecular formula is C18H20N2O2. The number of benzene rings is 2. The van der Waals surface area contributed by atoms with Crippen LogP contribution in [-0.2, 0) is 11.2 Å². The van der Waals surface area contributed by atoms with E-state index >= 15 is 0 Å². The molecule has 0 fully saturated rings. The van der Waals surface area contributed by atoms with E-state index in [-0.39, 0.29) is 11.8 Å². The minimum atomic E-state index is -0.566. The van der Waals surface area contributed by atoms with Crippen molar-refractivity contribution in [1.82, 2.24) is 10.6 Å². The molecule has 2 aromatic carbocycles. The summed E-state index contributed by atoms with van der Waals surface area (Å²) in [7, 11) is 0. The molecule has 0 aliphatic heterocycles. The SMILES string of the molecule is CC(NC(=O)c1ccccc1)C(=O)NCCc1ccccc1. The summed E-state index contributed by atoms with van der Waals surface area (Å²) in [5.41, 5.74) is 1.72. The van der Waals surface area contributed by atoms with Gasteiger partial charge in [0.05, 0.1) is 0 Å². The molecule has 2 N–H and O–H groups in total. The van der Waals surface area contributed by atoms with Crippen molar-refractivity contribution in [3.05, 3.63) is 71.8 Å². The lowest BCUT2D eigenvalue weighted by molar-refractivity contribution is -0.122. The third-order valence-corrected chi connectivity index (χ3v) is 3.33. The molecule has 2 amide bonds. The lowest BCUT2D eigenvalue weighted by atomic mass is 10.1. The Labute approximate surface area is 130 Å². The summed E-state index contributed by atoms with van der Waals surface area (Å²) >= 11 is 0. The van der Waals surface area contributed by atoms with E-state index < -0.39 is 6.04 Å². The fraction of sp³-hybridized carbons (Fsp3) is 0.222. The van der Waals surface area contributed by atoms with Crippen molar-refractivity contribution in [3.8, 4) is 0 Å². The van der Waals surface area contributed by atoms with Gasteiger partial charge in [-0.1, -0.05) is 48.5 Å². The van der Waals surface area contributed by atoms with Crippen LogP contribution in [-0.4, -0.2) is 24.4 Å². The van der Waals surface area contributed by atoms with Crippen LogP contribution in [0.15, 0.2) is 60.7 Å². The monoisotopic (exact) mass is 296 g/mol. The molecule has 0 bridgehead atoms. The zero-order chi connectivity index (χ0) is 15.8. The molecule has 0 saturated carbocycles. The van der Waals surface area contributed by atoms with E-state index in [1.165, 1.54) is 5.56 Å². The van der Waals surface area contributed by atoms with E-state index in [0.29, 0.717) is 12.1 Å². The average Bonchev–Trinajstić information content (AvgIpc) is 2.56. The van der Waals surface area contributed by atoms with Crippen LogP contribution in [0.3, 0.4) is 0 Å². The highest BCUT2D eigenvalue weighted by molar-refractivity contribution is 5.97. The van der Waals surface area contributed by atoms with Gasteiger partial charge in [0.2, 0.25) is 5.91 Å². The molecule has 4 nitrogen and oxygen atoms in total. The molecule has 2 rings (SSSR count). The zero-order valence-corrected chi connectivity index (χ0v) is 12.6. The second-order valence-corrected chi connectivity index (χ2v) is 5.09. The lowest BCUT2D eigenvalue weighted by Gasteiger charge is -2.14. The highest BCUT2D eigenvalue weighted by Crippen LogP contribution is 2.00. The van der Waals surface area contributed by atoms with Crippen LogP contribution in [0, 0.1) is 0 Å². The number of amides is 2. The topological polar surface area (TPSA) is 58.2 Å². The second-order valence-electron chi connectivity index (χ2n) is 5.09. The van der Waals surface area contributed by atoms with E-state index in [0.717, 1.165) is 6.42 Å². The third-order valence-electron chi connectivity index (χ3n) is 3.33. The predicted molar refractivity (Wildman–Crippen MR) is 86.5 cm³/mol. The minimum absolute atomic E-state index is 0.180. The molecule has 0 aliphatic carbocycles. The van der Waals surface area contributed by atoms with E-state index in [1.807, 2.05) is 36.4 Å². The third kappa shape index (κ3) is 4.74. The van der Waals surface area contributed by atoms with Crippen LogP contribution in [0.4, 0.5) is 0 Å². The maximum atomic E-state index is 12.0. The maximum Gasteiger partial charge on any atom is 0.251 e. The highest BCUT2D eigenvalue weighted by Gasteiger charge is 2.15. The second kappa shape index (κ2) is 7.98. The van der Waals surface area contributed by atoms with Crippen molar-refractivity contribution < 1.29 is 9.59 Å². The number of carbonyl (C=O) groups is 2. The Balaban J connectivity index is 1.76. The Morgan fingerprint density at radius 2 is 1.55 bits per heavy atom. The van der Waals surface area contributed by atoms with Crippen LogP contribution >= 0.6 is 0 Å². The Hall–Kier alpha value is -2.62. The largest absolute Gasteiger partial charge is 0.354 e. The summed E-state index contributed by atoms with van der Waals surface area (Å²) in [6.07, 6.45) is 0.770. The van der Waals surface area contributed by atoms with E-state index in [2.05, 4.69) is 10.6 Å². The molecule has 114 valence electrons. The van der Waals surface area contributed by atoms with Gasteiger partial charge in [-0.05, 0) is 31.0 Å². The molecule has 1 atom stereocenters. The smallest absolute Gasteiger partial charge is 0.251 e. The van der Waals surface area contributed by atoms with Gasteiger partial charge in [-0.3, -0.25) is 9.59 Å². The van der Waals surface area contributed by atoms with Crippen LogP contribution in [0.25, 0.3) is 0 Å². The van der Waals surface area contributed by atoms with Gasteiger partial charge in [0, 0.05) is 12.1 Å². The van der Waals surface area contributed by atoms with Gasteiger partial charge >= 0.3 is 0 Å². The minimum Gasteiger partial charge on any atom is -0.354 e. The molecule has 22 heavy (non-hydrogen) atoms. The number of nitrogens with one attached hydrogen (secondary N) is 2. The summed E-state index contributed by atoms with van der Waals surface area (Å²) in [6.45, 7) is 2.23. The number of rotatable bonds is 6. The summed E-state index contributed by atoms with van der Waals surface area (Å²) in [5.74, 6) is -0.425. The normalized spacial score (nSPS) is 11.5. The Kier molecular flexibility index (Phi) is 5.72. The van der Waals surface area contributed by atoms with Crippen molar-refractivity contribution >= 4 is 11.8 Å². The molecule has 0 heterocycles. The first kappa shape index (κ1) is 15.8. The predicted octanol–water partition coefficient (Wildman–Crippen LogP) is 2.16. The summed E-state index contributed by atoms with van der Waals surface area (Å²) in [5, 5.41) is 5.53. The quantitative estimate of drug-likeness (QED) is 0.858. The Morgan fingerprint density at radius 1 is 0.955 bits per heavy atom. The maximum absolute atomic E-state index is 12.0. The lowest BCUT2D eigenvalue weighted by Crippen LogP contribution is -2.45. The molecule has 0 spiro atoms. The first-order valence-corrected chi connectivity index (χ1v) is 7.34. The fourth-order valence-electron chi connectivity index (χ4n) is 2.06.